The first kappa shape index (κ1) is 11.2. The zero-order valence-corrected chi connectivity index (χ0v) is 10.8. The fourth-order valence-corrected chi connectivity index (χ4v) is 3.65. The molecule has 1 aliphatic carbocycles. The molecule has 2 unspecified atom stereocenters. The van der Waals surface area contributed by atoms with Crippen LogP contribution in [0.4, 0.5) is 0 Å². The lowest BCUT2D eigenvalue weighted by Gasteiger charge is -2.37. The molecule has 2 nitrogen and oxygen atoms in total. The molecule has 2 heteroatoms. The molecule has 1 aliphatic heterocycles. The van der Waals surface area contributed by atoms with E-state index in [4.69, 9.17) is 5.73 Å². The largest absolute Gasteiger partial charge is 0.324 e. The summed E-state index contributed by atoms with van der Waals surface area (Å²) < 4.78 is 0. The summed E-state index contributed by atoms with van der Waals surface area (Å²) in [6.45, 7) is 5.96. The van der Waals surface area contributed by atoms with Crippen LogP contribution in [0.15, 0.2) is 24.3 Å². The van der Waals surface area contributed by atoms with Crippen molar-refractivity contribution in [2.24, 2.45) is 5.73 Å². The second kappa shape index (κ2) is 3.82. The Balaban J connectivity index is 1.96. The molecule has 1 fully saturated rings. The Hall–Kier alpha value is -0.860. The van der Waals surface area contributed by atoms with Crippen molar-refractivity contribution < 1.29 is 0 Å². The van der Waals surface area contributed by atoms with Crippen molar-refractivity contribution in [2.75, 3.05) is 6.54 Å². The summed E-state index contributed by atoms with van der Waals surface area (Å²) in [6.07, 6.45) is 3.71. The average molecular weight is 230 g/mol. The monoisotopic (exact) mass is 230 g/mol. The smallest absolute Gasteiger partial charge is 0.0374 e. The van der Waals surface area contributed by atoms with E-state index in [9.17, 15) is 0 Å². The molecular formula is C15H22N2. The molecule has 2 atom stereocenters. The molecule has 0 aromatic heterocycles. The summed E-state index contributed by atoms with van der Waals surface area (Å²) in [6, 6.07) is 9.49. The van der Waals surface area contributed by atoms with E-state index in [-0.39, 0.29) is 6.04 Å². The van der Waals surface area contributed by atoms with Gasteiger partial charge in [-0.25, -0.2) is 0 Å². The summed E-state index contributed by atoms with van der Waals surface area (Å²) >= 11 is 0. The molecule has 0 amide bonds. The van der Waals surface area contributed by atoms with Crippen LogP contribution in [0.5, 0.6) is 0 Å². The summed E-state index contributed by atoms with van der Waals surface area (Å²) in [4.78, 5) is 2.67. The number of rotatable bonds is 1. The first-order chi connectivity index (χ1) is 8.09. The highest BCUT2D eigenvalue weighted by Crippen LogP contribution is 2.46. The van der Waals surface area contributed by atoms with Gasteiger partial charge in [-0.1, -0.05) is 24.3 Å². The van der Waals surface area contributed by atoms with E-state index in [1.54, 1.807) is 0 Å². The molecule has 1 heterocycles. The van der Waals surface area contributed by atoms with Gasteiger partial charge in [-0.2, -0.15) is 0 Å². The second-order valence-electron chi connectivity index (χ2n) is 6.10. The van der Waals surface area contributed by atoms with Crippen molar-refractivity contribution in [2.45, 2.75) is 50.7 Å². The van der Waals surface area contributed by atoms with Crippen LogP contribution in [0, 0.1) is 0 Å². The minimum Gasteiger partial charge on any atom is -0.324 e. The Morgan fingerprint density at radius 1 is 1.24 bits per heavy atom. The lowest BCUT2D eigenvalue weighted by Crippen LogP contribution is -2.40. The lowest BCUT2D eigenvalue weighted by atomic mass is 9.98. The predicted octanol–water partition coefficient (Wildman–Crippen LogP) is 3.01. The topological polar surface area (TPSA) is 29.3 Å². The number of hydrogen-bond donors (Lipinski definition) is 1. The number of likely N-dealkylation sites (tertiary alicyclic amines) is 1. The molecule has 2 N–H and O–H groups in total. The predicted molar refractivity (Wildman–Crippen MR) is 70.7 cm³/mol. The van der Waals surface area contributed by atoms with Gasteiger partial charge >= 0.3 is 0 Å². The molecule has 92 valence electrons. The maximum absolute atomic E-state index is 6.27. The van der Waals surface area contributed by atoms with Gasteiger partial charge in [0.1, 0.15) is 0 Å². The molecule has 1 saturated heterocycles. The Bertz CT molecular complexity index is 425. The van der Waals surface area contributed by atoms with Gasteiger partial charge in [0.25, 0.3) is 0 Å². The Labute approximate surface area is 104 Å². The standard InChI is InChI=1S/C15H22N2/c1-15(2)8-5-9-17(15)14-10-13(16)11-6-3-4-7-12(11)14/h3-4,6-7,13-14H,5,8-10,16H2,1-2H3. The van der Waals surface area contributed by atoms with Crippen LogP contribution in [0.1, 0.15) is 56.3 Å². The highest BCUT2D eigenvalue weighted by Gasteiger charge is 2.41. The van der Waals surface area contributed by atoms with Gasteiger partial charge in [0.05, 0.1) is 0 Å². The van der Waals surface area contributed by atoms with Gasteiger partial charge in [0, 0.05) is 17.6 Å². The van der Waals surface area contributed by atoms with Crippen LogP contribution in [0.25, 0.3) is 0 Å². The van der Waals surface area contributed by atoms with E-state index in [0.717, 1.165) is 6.42 Å². The van der Waals surface area contributed by atoms with Crippen LogP contribution in [0.3, 0.4) is 0 Å². The maximum atomic E-state index is 6.27. The lowest BCUT2D eigenvalue weighted by molar-refractivity contribution is 0.112. The van der Waals surface area contributed by atoms with Crippen molar-refractivity contribution in [3.8, 4) is 0 Å². The molecule has 0 spiro atoms. The van der Waals surface area contributed by atoms with Crippen LogP contribution >= 0.6 is 0 Å². The van der Waals surface area contributed by atoms with Crippen LogP contribution < -0.4 is 5.73 Å². The molecule has 1 aromatic rings. The first-order valence-corrected chi connectivity index (χ1v) is 6.71. The Kier molecular flexibility index (Phi) is 2.53. The maximum Gasteiger partial charge on any atom is 0.0374 e. The van der Waals surface area contributed by atoms with E-state index in [2.05, 4.69) is 43.0 Å². The third-order valence-electron chi connectivity index (χ3n) is 4.57. The molecule has 2 aliphatic rings. The molecule has 0 saturated carbocycles. The summed E-state index contributed by atoms with van der Waals surface area (Å²) in [5.41, 5.74) is 9.43. The quantitative estimate of drug-likeness (QED) is 0.803. The van der Waals surface area contributed by atoms with Gasteiger partial charge in [-0.15, -0.1) is 0 Å². The minimum absolute atomic E-state index is 0.229. The second-order valence-corrected chi connectivity index (χ2v) is 6.10. The number of benzene rings is 1. The molecule has 0 bridgehead atoms. The molecule has 1 aromatic carbocycles. The van der Waals surface area contributed by atoms with Crippen LogP contribution in [-0.2, 0) is 0 Å². The molecule has 0 radical (unpaired) electrons. The van der Waals surface area contributed by atoms with Crippen LogP contribution in [-0.4, -0.2) is 17.0 Å². The van der Waals surface area contributed by atoms with Crippen molar-refractivity contribution in [3.63, 3.8) is 0 Å². The fraction of sp³-hybridized carbons (Fsp3) is 0.600. The number of fused-ring (bicyclic) bond motifs is 1. The third kappa shape index (κ3) is 1.71. The normalized spacial score (nSPS) is 31.7. The molecule has 17 heavy (non-hydrogen) atoms. The first-order valence-electron chi connectivity index (χ1n) is 6.71. The Morgan fingerprint density at radius 3 is 2.59 bits per heavy atom. The van der Waals surface area contributed by atoms with E-state index in [1.807, 2.05) is 0 Å². The summed E-state index contributed by atoms with van der Waals surface area (Å²) in [5, 5.41) is 0. The van der Waals surface area contributed by atoms with Gasteiger partial charge in [0.15, 0.2) is 0 Å². The Morgan fingerprint density at radius 2 is 1.94 bits per heavy atom. The summed E-state index contributed by atoms with van der Waals surface area (Å²) in [5.74, 6) is 0. The van der Waals surface area contributed by atoms with Crippen molar-refractivity contribution in [1.29, 1.82) is 0 Å². The van der Waals surface area contributed by atoms with E-state index < -0.39 is 0 Å². The van der Waals surface area contributed by atoms with Crippen LogP contribution in [0.2, 0.25) is 0 Å². The number of hydrogen-bond acceptors (Lipinski definition) is 2. The third-order valence-corrected chi connectivity index (χ3v) is 4.57. The van der Waals surface area contributed by atoms with Gasteiger partial charge in [-0.3, -0.25) is 4.90 Å². The van der Waals surface area contributed by atoms with Gasteiger partial charge < -0.3 is 5.73 Å². The number of nitrogens with zero attached hydrogens (tertiary/aromatic N) is 1. The SMILES string of the molecule is CC1(C)CCCN1C1CC(N)c2ccccc21. The zero-order valence-electron chi connectivity index (χ0n) is 10.8. The average Bonchev–Trinajstić information content (AvgIpc) is 2.80. The fourth-order valence-electron chi connectivity index (χ4n) is 3.65. The van der Waals surface area contributed by atoms with Crippen molar-refractivity contribution in [1.82, 2.24) is 4.90 Å². The highest BCUT2D eigenvalue weighted by atomic mass is 15.2. The number of nitrogens with two attached hydrogens (primary N) is 1. The minimum atomic E-state index is 0.229. The summed E-state index contributed by atoms with van der Waals surface area (Å²) in [7, 11) is 0. The molecular weight excluding hydrogens is 208 g/mol. The van der Waals surface area contributed by atoms with E-state index >= 15 is 0 Å². The van der Waals surface area contributed by atoms with Gasteiger partial charge in [0.2, 0.25) is 0 Å². The van der Waals surface area contributed by atoms with E-state index in [0.29, 0.717) is 11.6 Å². The molecule has 3 rings (SSSR count). The van der Waals surface area contributed by atoms with E-state index in [1.165, 1.54) is 30.5 Å². The van der Waals surface area contributed by atoms with Crippen molar-refractivity contribution >= 4 is 0 Å². The zero-order chi connectivity index (χ0) is 12.0. The van der Waals surface area contributed by atoms with Crippen molar-refractivity contribution in [3.05, 3.63) is 35.4 Å². The highest BCUT2D eigenvalue weighted by molar-refractivity contribution is 5.37. The van der Waals surface area contributed by atoms with Gasteiger partial charge in [-0.05, 0) is 50.8 Å².